The molecule has 4 rings (SSSR count). The lowest BCUT2D eigenvalue weighted by atomic mass is 9.94. The van der Waals surface area contributed by atoms with Crippen molar-refractivity contribution in [2.45, 2.75) is 25.9 Å². The van der Waals surface area contributed by atoms with Crippen LogP contribution in [0.4, 0.5) is 8.78 Å². The largest absolute Gasteiger partial charge is 0.340 e. The minimum atomic E-state index is -0.819. The summed E-state index contributed by atoms with van der Waals surface area (Å²) in [6.45, 7) is 6.26. The predicted octanol–water partition coefficient (Wildman–Crippen LogP) is 2.92. The normalized spacial score (nSPS) is 19.2. The molecule has 0 aliphatic carbocycles. The Balaban J connectivity index is 1.21. The zero-order chi connectivity index (χ0) is 20.9. The smallest absolute Gasteiger partial charge is 0.225 e. The summed E-state index contributed by atoms with van der Waals surface area (Å²) in [5.74, 6) is -1.25. The number of carbonyl (C=O) groups excluding carboxylic acids is 1. The molecule has 1 aromatic carbocycles. The maximum atomic E-state index is 13.4. The Kier molecular flexibility index (Phi) is 6.69. The molecular weight excluding hydrogens is 386 g/mol. The summed E-state index contributed by atoms with van der Waals surface area (Å²) in [5, 5.41) is 0. The number of piperidine rings is 1. The van der Waals surface area contributed by atoms with Gasteiger partial charge in [0.2, 0.25) is 5.91 Å². The Labute approximate surface area is 176 Å². The van der Waals surface area contributed by atoms with Crippen molar-refractivity contribution in [1.29, 1.82) is 0 Å². The molecule has 3 heterocycles. The van der Waals surface area contributed by atoms with Gasteiger partial charge in [-0.25, -0.2) is 8.78 Å². The molecule has 5 nitrogen and oxygen atoms in total. The van der Waals surface area contributed by atoms with Crippen LogP contribution in [0.5, 0.6) is 0 Å². The second-order valence-electron chi connectivity index (χ2n) is 8.26. The molecule has 0 unspecified atom stereocenters. The molecule has 0 saturated carbocycles. The van der Waals surface area contributed by atoms with Gasteiger partial charge in [-0.2, -0.15) is 0 Å². The van der Waals surface area contributed by atoms with Crippen LogP contribution in [-0.2, 0) is 17.9 Å². The van der Waals surface area contributed by atoms with Crippen LogP contribution in [0.15, 0.2) is 42.7 Å². The van der Waals surface area contributed by atoms with Gasteiger partial charge in [0.15, 0.2) is 11.6 Å². The molecule has 0 N–H and O–H groups in total. The van der Waals surface area contributed by atoms with Gasteiger partial charge in [-0.1, -0.05) is 6.07 Å². The van der Waals surface area contributed by atoms with E-state index in [0.717, 1.165) is 51.1 Å². The standard InChI is InChI=1S/C23H28F2N4O/c24-21-2-1-19(15-22(21)25)17-28-11-13-29(14-12-28)23(30)20-5-9-27(10-6-20)16-18-3-7-26-8-4-18/h1-4,7-8,15,20H,5-6,9-14,16-17H2. The van der Waals surface area contributed by atoms with Crippen molar-refractivity contribution in [2.24, 2.45) is 5.92 Å². The Morgan fingerprint density at radius 2 is 1.47 bits per heavy atom. The Bertz CT molecular complexity index is 848. The topological polar surface area (TPSA) is 39.7 Å². The van der Waals surface area contributed by atoms with Gasteiger partial charge >= 0.3 is 0 Å². The van der Waals surface area contributed by atoms with Crippen LogP contribution in [0, 0.1) is 17.6 Å². The number of pyridine rings is 1. The van der Waals surface area contributed by atoms with E-state index in [1.54, 1.807) is 6.07 Å². The highest BCUT2D eigenvalue weighted by molar-refractivity contribution is 5.79. The predicted molar refractivity (Wildman–Crippen MR) is 110 cm³/mol. The first-order chi connectivity index (χ1) is 14.6. The Morgan fingerprint density at radius 3 is 2.13 bits per heavy atom. The number of hydrogen-bond donors (Lipinski definition) is 0. The first-order valence-corrected chi connectivity index (χ1v) is 10.6. The fourth-order valence-electron chi connectivity index (χ4n) is 4.37. The van der Waals surface area contributed by atoms with Gasteiger partial charge < -0.3 is 4.90 Å². The molecule has 7 heteroatoms. The summed E-state index contributed by atoms with van der Waals surface area (Å²) in [6.07, 6.45) is 5.44. The summed E-state index contributed by atoms with van der Waals surface area (Å²) in [5.41, 5.74) is 2.02. The molecule has 30 heavy (non-hydrogen) atoms. The van der Waals surface area contributed by atoms with Crippen LogP contribution >= 0.6 is 0 Å². The van der Waals surface area contributed by atoms with Crippen LogP contribution in [0.2, 0.25) is 0 Å². The average Bonchev–Trinajstić information content (AvgIpc) is 2.78. The minimum absolute atomic E-state index is 0.108. The average molecular weight is 415 g/mol. The van der Waals surface area contributed by atoms with Crippen molar-refractivity contribution in [2.75, 3.05) is 39.3 Å². The molecule has 2 aliphatic heterocycles. The highest BCUT2D eigenvalue weighted by Gasteiger charge is 2.30. The van der Waals surface area contributed by atoms with Crippen LogP contribution < -0.4 is 0 Å². The van der Waals surface area contributed by atoms with Gasteiger partial charge in [-0.05, 0) is 61.3 Å². The van der Waals surface area contributed by atoms with Gasteiger partial charge in [0.1, 0.15) is 0 Å². The lowest BCUT2D eigenvalue weighted by molar-refractivity contribution is -0.139. The minimum Gasteiger partial charge on any atom is -0.340 e. The summed E-state index contributed by atoms with van der Waals surface area (Å²) in [7, 11) is 0. The molecule has 2 saturated heterocycles. The second-order valence-corrected chi connectivity index (χ2v) is 8.26. The van der Waals surface area contributed by atoms with E-state index in [1.165, 1.54) is 17.7 Å². The summed E-state index contributed by atoms with van der Waals surface area (Å²) in [6, 6.07) is 8.13. The zero-order valence-corrected chi connectivity index (χ0v) is 17.1. The van der Waals surface area contributed by atoms with E-state index in [9.17, 15) is 13.6 Å². The third kappa shape index (κ3) is 5.21. The number of likely N-dealkylation sites (tertiary alicyclic amines) is 1. The van der Waals surface area contributed by atoms with Crippen LogP contribution in [0.25, 0.3) is 0 Å². The number of amides is 1. The molecule has 2 aromatic rings. The van der Waals surface area contributed by atoms with E-state index in [2.05, 4.69) is 14.8 Å². The maximum Gasteiger partial charge on any atom is 0.225 e. The molecular formula is C23H28F2N4O. The number of piperazine rings is 1. The Morgan fingerprint density at radius 1 is 0.833 bits per heavy atom. The van der Waals surface area contributed by atoms with Crippen molar-refractivity contribution in [3.8, 4) is 0 Å². The van der Waals surface area contributed by atoms with Crippen LogP contribution in [0.1, 0.15) is 24.0 Å². The summed E-state index contributed by atoms with van der Waals surface area (Å²) in [4.78, 5) is 23.6. The van der Waals surface area contributed by atoms with E-state index in [4.69, 9.17) is 0 Å². The number of benzene rings is 1. The number of halogens is 2. The third-order valence-electron chi connectivity index (χ3n) is 6.17. The van der Waals surface area contributed by atoms with Crippen molar-refractivity contribution in [3.05, 3.63) is 65.5 Å². The molecule has 2 aliphatic rings. The fourth-order valence-corrected chi connectivity index (χ4v) is 4.37. The monoisotopic (exact) mass is 414 g/mol. The van der Waals surface area contributed by atoms with Gasteiger partial charge in [-0.3, -0.25) is 19.6 Å². The van der Waals surface area contributed by atoms with Gasteiger partial charge in [0.25, 0.3) is 0 Å². The third-order valence-corrected chi connectivity index (χ3v) is 6.17. The number of carbonyl (C=O) groups is 1. The Hall–Kier alpha value is -2.38. The van der Waals surface area contributed by atoms with Crippen LogP contribution in [-0.4, -0.2) is 64.9 Å². The highest BCUT2D eigenvalue weighted by Crippen LogP contribution is 2.22. The molecule has 160 valence electrons. The van der Waals surface area contributed by atoms with Crippen molar-refractivity contribution >= 4 is 5.91 Å². The first-order valence-electron chi connectivity index (χ1n) is 10.6. The van der Waals surface area contributed by atoms with Crippen LogP contribution in [0.3, 0.4) is 0 Å². The molecule has 0 radical (unpaired) electrons. The molecule has 1 aromatic heterocycles. The lowest BCUT2D eigenvalue weighted by Gasteiger charge is -2.38. The molecule has 0 spiro atoms. The quantitative estimate of drug-likeness (QED) is 0.754. The zero-order valence-electron chi connectivity index (χ0n) is 17.1. The van der Waals surface area contributed by atoms with Crippen molar-refractivity contribution in [3.63, 3.8) is 0 Å². The lowest BCUT2D eigenvalue weighted by Crippen LogP contribution is -2.51. The highest BCUT2D eigenvalue weighted by atomic mass is 19.2. The van der Waals surface area contributed by atoms with E-state index < -0.39 is 11.6 Å². The molecule has 1 amide bonds. The van der Waals surface area contributed by atoms with Gasteiger partial charge in [0.05, 0.1) is 0 Å². The molecule has 0 bridgehead atoms. The van der Waals surface area contributed by atoms with E-state index >= 15 is 0 Å². The first kappa shape index (κ1) is 20.9. The summed E-state index contributed by atoms with van der Waals surface area (Å²) >= 11 is 0. The van der Waals surface area contributed by atoms with E-state index in [-0.39, 0.29) is 11.8 Å². The second kappa shape index (κ2) is 9.62. The number of aromatic nitrogens is 1. The van der Waals surface area contributed by atoms with E-state index in [0.29, 0.717) is 19.6 Å². The summed E-state index contributed by atoms with van der Waals surface area (Å²) < 4.78 is 26.5. The number of rotatable bonds is 5. The van der Waals surface area contributed by atoms with Gasteiger partial charge in [-0.15, -0.1) is 0 Å². The number of hydrogen-bond acceptors (Lipinski definition) is 4. The fraction of sp³-hybridized carbons (Fsp3) is 0.478. The van der Waals surface area contributed by atoms with Gasteiger partial charge in [0, 0.05) is 57.6 Å². The maximum absolute atomic E-state index is 13.4. The molecule has 2 fully saturated rings. The molecule has 0 atom stereocenters. The number of nitrogens with zero attached hydrogens (tertiary/aromatic N) is 4. The SMILES string of the molecule is O=C(C1CCN(Cc2ccncc2)CC1)N1CCN(Cc2ccc(F)c(F)c2)CC1. The van der Waals surface area contributed by atoms with Crippen molar-refractivity contribution in [1.82, 2.24) is 19.7 Å². The van der Waals surface area contributed by atoms with E-state index in [1.807, 2.05) is 29.4 Å². The van der Waals surface area contributed by atoms with Crippen molar-refractivity contribution < 1.29 is 13.6 Å².